The molecular weight excluding hydrogens is 552 g/mol. The zero-order valence-electron chi connectivity index (χ0n) is 20.9. The van der Waals surface area contributed by atoms with E-state index in [-0.39, 0.29) is 30.4 Å². The molecule has 3 saturated heterocycles. The SMILES string of the molecule is C=CCN(Cc1ccccc1)C(=O)[C@@H]1N([C@@H](CO)Cc2ccccc2)C(=O)[C@H]2[C@H](C(=O)O)[C@H]3O[C@@]12CC3Br. The maximum absolute atomic E-state index is 14.4. The predicted octanol–water partition coefficient (Wildman–Crippen LogP) is 2.64. The van der Waals surface area contributed by atoms with E-state index in [2.05, 4.69) is 22.5 Å². The van der Waals surface area contributed by atoms with Crippen LogP contribution in [0.2, 0.25) is 0 Å². The smallest absolute Gasteiger partial charge is 0.310 e. The zero-order valence-corrected chi connectivity index (χ0v) is 22.4. The summed E-state index contributed by atoms with van der Waals surface area (Å²) < 4.78 is 6.38. The van der Waals surface area contributed by atoms with Crippen molar-refractivity contribution in [2.24, 2.45) is 11.8 Å². The highest BCUT2D eigenvalue weighted by Crippen LogP contribution is 2.60. The first-order chi connectivity index (χ1) is 18.3. The molecule has 1 spiro atoms. The van der Waals surface area contributed by atoms with Gasteiger partial charge in [-0.2, -0.15) is 0 Å². The highest BCUT2D eigenvalue weighted by Gasteiger charge is 2.77. The van der Waals surface area contributed by atoms with Crippen LogP contribution < -0.4 is 0 Å². The Labute approximate surface area is 230 Å². The zero-order chi connectivity index (χ0) is 27.0. The average molecular weight is 583 g/mol. The van der Waals surface area contributed by atoms with E-state index in [9.17, 15) is 24.6 Å². The Morgan fingerprint density at radius 3 is 2.37 bits per heavy atom. The Kier molecular flexibility index (Phi) is 7.44. The van der Waals surface area contributed by atoms with E-state index < -0.39 is 47.5 Å². The number of halogens is 1. The van der Waals surface area contributed by atoms with Crippen molar-refractivity contribution in [3.63, 3.8) is 0 Å². The van der Waals surface area contributed by atoms with Gasteiger partial charge in [0.05, 0.1) is 30.6 Å². The first kappa shape index (κ1) is 26.6. The van der Waals surface area contributed by atoms with E-state index in [1.165, 1.54) is 4.90 Å². The summed E-state index contributed by atoms with van der Waals surface area (Å²) in [5.41, 5.74) is 0.496. The summed E-state index contributed by atoms with van der Waals surface area (Å²) in [6.45, 7) is 3.96. The molecule has 8 nitrogen and oxygen atoms in total. The number of likely N-dealkylation sites (tertiary alicyclic amines) is 1. The lowest BCUT2D eigenvalue weighted by atomic mass is 9.70. The van der Waals surface area contributed by atoms with Crippen LogP contribution in [0, 0.1) is 11.8 Å². The molecule has 7 atom stereocenters. The van der Waals surface area contributed by atoms with Gasteiger partial charge in [0, 0.05) is 17.9 Å². The number of aliphatic hydroxyl groups is 1. The monoisotopic (exact) mass is 582 g/mol. The number of nitrogens with zero attached hydrogens (tertiary/aromatic N) is 2. The summed E-state index contributed by atoms with van der Waals surface area (Å²) in [5.74, 6) is -4.02. The number of alkyl halides is 1. The first-order valence-corrected chi connectivity index (χ1v) is 13.7. The third-order valence-electron chi connectivity index (χ3n) is 8.04. The third-order valence-corrected chi connectivity index (χ3v) is 8.89. The number of rotatable bonds is 10. The fourth-order valence-corrected chi connectivity index (χ4v) is 7.47. The standard InChI is InChI=1S/C29H31BrN2O6/c1-2-13-31(16-19-11-7-4-8-12-19)27(35)25-29-15-21(30)24(38-29)22(28(36)37)23(29)26(34)32(25)20(17-33)14-18-9-5-3-6-10-18/h2-12,20-25,33H,1,13-17H2,(H,36,37)/t20-,21?,22+,23-,24+,25+,29-/m1/s1. The normalized spacial score (nSPS) is 30.2. The largest absolute Gasteiger partial charge is 0.481 e. The van der Waals surface area contributed by atoms with E-state index in [4.69, 9.17) is 4.74 Å². The van der Waals surface area contributed by atoms with Crippen LogP contribution in [0.4, 0.5) is 0 Å². The summed E-state index contributed by atoms with van der Waals surface area (Å²) in [4.78, 5) is 43.7. The number of aliphatic hydroxyl groups excluding tert-OH is 1. The van der Waals surface area contributed by atoms with Crippen molar-refractivity contribution in [3.05, 3.63) is 84.4 Å². The van der Waals surface area contributed by atoms with Crippen LogP contribution in [0.15, 0.2) is 73.3 Å². The Hall–Kier alpha value is -3.01. The predicted molar refractivity (Wildman–Crippen MR) is 143 cm³/mol. The number of carboxylic acids is 1. The van der Waals surface area contributed by atoms with Crippen molar-refractivity contribution in [2.45, 2.75) is 48.0 Å². The molecule has 38 heavy (non-hydrogen) atoms. The number of carboxylic acid groups (broad SMARTS) is 1. The molecule has 3 aliphatic rings. The number of benzene rings is 2. The molecule has 1 unspecified atom stereocenters. The van der Waals surface area contributed by atoms with Crippen molar-refractivity contribution < 1.29 is 29.3 Å². The Morgan fingerprint density at radius 1 is 1.16 bits per heavy atom. The molecule has 3 heterocycles. The fourth-order valence-electron chi connectivity index (χ4n) is 6.52. The number of carbonyl (C=O) groups excluding carboxylic acids is 2. The number of ether oxygens (including phenoxy) is 1. The van der Waals surface area contributed by atoms with E-state index in [0.29, 0.717) is 12.8 Å². The van der Waals surface area contributed by atoms with Gasteiger partial charge in [-0.1, -0.05) is 82.7 Å². The minimum atomic E-state index is -1.31. The van der Waals surface area contributed by atoms with Gasteiger partial charge in [0.25, 0.3) is 0 Å². The van der Waals surface area contributed by atoms with Gasteiger partial charge in [-0.25, -0.2) is 0 Å². The van der Waals surface area contributed by atoms with Crippen LogP contribution in [0.25, 0.3) is 0 Å². The Bertz CT molecular complexity index is 1210. The lowest BCUT2D eigenvalue weighted by molar-refractivity contribution is -0.153. The van der Waals surface area contributed by atoms with E-state index in [1.807, 2.05) is 60.7 Å². The van der Waals surface area contributed by atoms with Gasteiger partial charge in [0.1, 0.15) is 11.6 Å². The second-order valence-electron chi connectivity index (χ2n) is 10.3. The number of hydrogen-bond acceptors (Lipinski definition) is 5. The molecule has 9 heteroatoms. The second kappa shape index (κ2) is 10.6. The van der Waals surface area contributed by atoms with Gasteiger partial charge < -0.3 is 24.7 Å². The van der Waals surface area contributed by atoms with Gasteiger partial charge >= 0.3 is 5.97 Å². The van der Waals surface area contributed by atoms with Gasteiger partial charge in [0.2, 0.25) is 11.8 Å². The number of carbonyl (C=O) groups is 3. The molecule has 2 aromatic rings. The molecule has 0 saturated carbocycles. The maximum Gasteiger partial charge on any atom is 0.310 e. The van der Waals surface area contributed by atoms with E-state index >= 15 is 0 Å². The lowest BCUT2D eigenvalue weighted by Gasteiger charge is -2.39. The summed E-state index contributed by atoms with van der Waals surface area (Å²) in [6, 6.07) is 17.1. The summed E-state index contributed by atoms with van der Waals surface area (Å²) in [6.07, 6.45) is 1.55. The first-order valence-electron chi connectivity index (χ1n) is 12.8. The van der Waals surface area contributed by atoms with Gasteiger partial charge in [-0.05, 0) is 24.0 Å². The maximum atomic E-state index is 14.4. The van der Waals surface area contributed by atoms with Crippen LogP contribution in [0.3, 0.4) is 0 Å². The number of amides is 2. The minimum absolute atomic E-state index is 0.235. The average Bonchev–Trinajstić information content (AvgIpc) is 3.51. The molecule has 3 fully saturated rings. The number of hydrogen-bond donors (Lipinski definition) is 2. The number of aliphatic carboxylic acids is 1. The molecule has 2 bridgehead atoms. The van der Waals surface area contributed by atoms with Crippen molar-refractivity contribution in [3.8, 4) is 0 Å². The van der Waals surface area contributed by atoms with Crippen LogP contribution in [-0.2, 0) is 32.1 Å². The highest BCUT2D eigenvalue weighted by atomic mass is 79.9. The molecule has 0 radical (unpaired) electrons. The molecule has 2 N–H and O–H groups in total. The minimum Gasteiger partial charge on any atom is -0.481 e. The molecule has 2 aromatic carbocycles. The topological polar surface area (TPSA) is 107 Å². The Balaban J connectivity index is 1.58. The van der Waals surface area contributed by atoms with Crippen LogP contribution >= 0.6 is 15.9 Å². The van der Waals surface area contributed by atoms with Crippen LogP contribution in [0.5, 0.6) is 0 Å². The molecule has 0 aromatic heterocycles. The fraction of sp³-hybridized carbons (Fsp3) is 0.414. The van der Waals surface area contributed by atoms with Crippen LogP contribution in [-0.4, -0.2) is 79.6 Å². The van der Waals surface area contributed by atoms with Crippen molar-refractivity contribution in [1.29, 1.82) is 0 Å². The molecule has 2 amide bonds. The van der Waals surface area contributed by atoms with Crippen molar-refractivity contribution in [2.75, 3.05) is 13.2 Å². The van der Waals surface area contributed by atoms with E-state index in [1.54, 1.807) is 11.0 Å². The third kappa shape index (κ3) is 4.36. The van der Waals surface area contributed by atoms with Crippen LogP contribution in [0.1, 0.15) is 17.5 Å². The molecular formula is C29H31BrN2O6. The quantitative estimate of drug-likeness (QED) is 0.329. The number of fused-ring (bicyclic) bond motifs is 1. The molecule has 3 aliphatic heterocycles. The summed E-state index contributed by atoms with van der Waals surface area (Å²) in [7, 11) is 0. The molecule has 200 valence electrons. The summed E-state index contributed by atoms with van der Waals surface area (Å²) in [5, 5.41) is 20.6. The highest BCUT2D eigenvalue weighted by molar-refractivity contribution is 9.09. The van der Waals surface area contributed by atoms with E-state index in [0.717, 1.165) is 11.1 Å². The van der Waals surface area contributed by atoms with Gasteiger partial charge in [-0.15, -0.1) is 6.58 Å². The molecule has 5 rings (SSSR count). The van der Waals surface area contributed by atoms with Crippen molar-refractivity contribution >= 4 is 33.7 Å². The molecule has 0 aliphatic carbocycles. The Morgan fingerprint density at radius 2 is 1.79 bits per heavy atom. The van der Waals surface area contributed by atoms with Crippen molar-refractivity contribution in [1.82, 2.24) is 9.80 Å². The summed E-state index contributed by atoms with van der Waals surface area (Å²) >= 11 is 3.57. The van der Waals surface area contributed by atoms with Gasteiger partial charge in [-0.3, -0.25) is 14.4 Å². The second-order valence-corrected chi connectivity index (χ2v) is 11.4. The lowest BCUT2D eigenvalue weighted by Crippen LogP contribution is -2.59. The van der Waals surface area contributed by atoms with Gasteiger partial charge in [0.15, 0.2) is 0 Å².